The van der Waals surface area contributed by atoms with Crippen LogP contribution in [0.25, 0.3) is 0 Å². The minimum absolute atomic E-state index is 0.585. The van der Waals surface area contributed by atoms with Crippen molar-refractivity contribution in [3.63, 3.8) is 0 Å². The molecule has 0 fully saturated rings. The molecule has 9 heavy (non-hydrogen) atoms. The van der Waals surface area contributed by atoms with Crippen molar-refractivity contribution >= 4 is 28.9 Å². The molecule has 0 saturated carbocycles. The molecule has 0 spiro atoms. The minimum Gasteiger partial charge on any atom is -0.301 e. The second kappa shape index (κ2) is 6.10. The molecule has 4 heteroatoms. The summed E-state index contributed by atoms with van der Waals surface area (Å²) < 4.78 is 0. The smallest absolute Gasteiger partial charge is 0.0596 e. The number of allylic oxidation sites excluding steroid dienone is 2. The third-order valence-electron chi connectivity index (χ3n) is 0.826. The predicted molar refractivity (Wildman–Crippen MR) is 47.4 cm³/mol. The summed E-state index contributed by atoms with van der Waals surface area (Å²) in [5, 5.41) is 7.19. The van der Waals surface area contributed by atoms with Gasteiger partial charge in [-0.25, -0.2) is 0 Å². The number of hydrogen-bond acceptors (Lipinski definition) is 1. The summed E-state index contributed by atoms with van der Waals surface area (Å²) in [5.41, 5.74) is 0.678. The Morgan fingerprint density at radius 1 is 1.89 bits per heavy atom. The molecule has 45 valence electrons. The standard InChI is InChI=1S/C5H9B2NP/c1-9-5(8)3-2-4-7-6/h2-3,8-9H,4H2,1H3/b3-2+,8-5?. The van der Waals surface area contributed by atoms with E-state index in [9.17, 15) is 0 Å². The lowest BCUT2D eigenvalue weighted by molar-refractivity contribution is 1.56. The van der Waals surface area contributed by atoms with Crippen molar-refractivity contribution in [1.82, 2.24) is 0 Å². The van der Waals surface area contributed by atoms with Gasteiger partial charge in [-0.2, -0.15) is 0 Å². The lowest BCUT2D eigenvalue weighted by Gasteiger charge is -1.87. The van der Waals surface area contributed by atoms with Crippen LogP contribution in [0.1, 0.15) is 0 Å². The Bertz CT molecular complexity index is 114. The van der Waals surface area contributed by atoms with Gasteiger partial charge in [0.2, 0.25) is 0 Å². The Hall–Kier alpha value is -0.0301. The van der Waals surface area contributed by atoms with Crippen LogP contribution in [-0.2, 0) is 0 Å². The van der Waals surface area contributed by atoms with Crippen LogP contribution in [0.4, 0.5) is 0 Å². The topological polar surface area (TPSA) is 23.9 Å². The fourth-order valence-corrected chi connectivity index (χ4v) is 0.632. The van der Waals surface area contributed by atoms with E-state index < -0.39 is 0 Å². The van der Waals surface area contributed by atoms with Crippen molar-refractivity contribution in [3.05, 3.63) is 12.2 Å². The summed E-state index contributed by atoms with van der Waals surface area (Å²) >= 11 is 0. The molecule has 1 atom stereocenters. The van der Waals surface area contributed by atoms with Gasteiger partial charge in [-0.1, -0.05) is 21.0 Å². The average molecular weight is 136 g/mol. The van der Waals surface area contributed by atoms with Crippen LogP contribution in [0, 0.1) is 5.41 Å². The molecule has 0 aromatic carbocycles. The van der Waals surface area contributed by atoms with Crippen molar-refractivity contribution in [2.24, 2.45) is 0 Å². The van der Waals surface area contributed by atoms with Gasteiger partial charge in [-0.3, -0.25) is 0 Å². The minimum atomic E-state index is 0.585. The SMILES string of the molecule is [B][B]C/C=C/C(=N)PC. The molecule has 0 aliphatic carbocycles. The van der Waals surface area contributed by atoms with Gasteiger partial charge in [0.1, 0.15) is 0 Å². The largest absolute Gasteiger partial charge is 0.301 e. The maximum atomic E-state index is 7.19. The average Bonchev–Trinajstić information content (AvgIpc) is 1.89. The molecule has 0 saturated heterocycles. The van der Waals surface area contributed by atoms with Crippen LogP contribution in [-0.4, -0.2) is 27.0 Å². The van der Waals surface area contributed by atoms with E-state index in [1.165, 1.54) is 0 Å². The van der Waals surface area contributed by atoms with Crippen LogP contribution in [0.3, 0.4) is 0 Å². The molecule has 1 nitrogen and oxygen atoms in total. The van der Waals surface area contributed by atoms with E-state index in [1.807, 2.05) is 12.7 Å². The van der Waals surface area contributed by atoms with Crippen LogP contribution in [0.2, 0.25) is 6.32 Å². The Morgan fingerprint density at radius 3 is 3.00 bits per heavy atom. The summed E-state index contributed by atoms with van der Waals surface area (Å²) in [5.74, 6) is 0. The van der Waals surface area contributed by atoms with Crippen LogP contribution in [0.15, 0.2) is 12.2 Å². The number of hydrogen-bond donors (Lipinski definition) is 1. The van der Waals surface area contributed by atoms with Crippen LogP contribution < -0.4 is 0 Å². The van der Waals surface area contributed by atoms with E-state index in [1.54, 1.807) is 13.2 Å². The summed E-state index contributed by atoms with van der Waals surface area (Å²) in [6, 6.07) is 0. The predicted octanol–water partition coefficient (Wildman–Crippen LogP) is 1.03. The van der Waals surface area contributed by atoms with E-state index in [0.29, 0.717) is 14.0 Å². The monoisotopic (exact) mass is 136 g/mol. The van der Waals surface area contributed by atoms with Gasteiger partial charge in [0, 0.05) is 7.74 Å². The molecular formula is C5H9B2NP. The molecule has 3 radical (unpaired) electrons. The van der Waals surface area contributed by atoms with E-state index in [-0.39, 0.29) is 0 Å². The summed E-state index contributed by atoms with van der Waals surface area (Å²) in [6.07, 6.45) is 4.44. The van der Waals surface area contributed by atoms with E-state index in [0.717, 1.165) is 6.32 Å². The molecule has 0 aliphatic rings. The maximum absolute atomic E-state index is 7.19. The third-order valence-corrected chi connectivity index (χ3v) is 1.53. The Labute approximate surface area is 60.2 Å². The van der Waals surface area contributed by atoms with E-state index in [4.69, 9.17) is 13.1 Å². The highest BCUT2D eigenvalue weighted by Crippen LogP contribution is 2.04. The quantitative estimate of drug-likeness (QED) is 0.339. The third kappa shape index (κ3) is 5.85. The molecule has 0 aromatic rings. The Balaban J connectivity index is 3.32. The summed E-state index contributed by atoms with van der Waals surface area (Å²) in [6.45, 7) is 1.98. The van der Waals surface area contributed by atoms with Gasteiger partial charge in [0.05, 0.1) is 12.6 Å². The number of nitrogens with one attached hydrogen (secondary N) is 1. The highest BCUT2D eigenvalue weighted by molar-refractivity contribution is 7.58. The fraction of sp³-hybridized carbons (Fsp3) is 0.400. The second-order valence-corrected chi connectivity index (χ2v) is 2.58. The van der Waals surface area contributed by atoms with Crippen molar-refractivity contribution in [1.29, 1.82) is 5.41 Å². The first-order valence-electron chi connectivity index (χ1n) is 2.77. The van der Waals surface area contributed by atoms with Gasteiger partial charge in [0.25, 0.3) is 0 Å². The van der Waals surface area contributed by atoms with Gasteiger partial charge in [0.15, 0.2) is 0 Å². The van der Waals surface area contributed by atoms with E-state index in [2.05, 4.69) is 0 Å². The van der Waals surface area contributed by atoms with Gasteiger partial charge in [-0.05, 0) is 12.7 Å². The first-order chi connectivity index (χ1) is 4.31. The molecule has 0 amide bonds. The zero-order valence-corrected chi connectivity index (χ0v) is 6.52. The van der Waals surface area contributed by atoms with Gasteiger partial charge in [-0.15, -0.1) is 0 Å². The van der Waals surface area contributed by atoms with Gasteiger partial charge >= 0.3 is 0 Å². The van der Waals surface area contributed by atoms with E-state index >= 15 is 0 Å². The molecule has 0 bridgehead atoms. The lowest BCUT2D eigenvalue weighted by atomic mass is 9.54. The molecule has 0 heterocycles. The van der Waals surface area contributed by atoms with Crippen molar-refractivity contribution in [3.8, 4) is 0 Å². The summed E-state index contributed by atoms with van der Waals surface area (Å²) in [7, 11) is 7.27. The fourth-order valence-electron chi connectivity index (χ4n) is 0.348. The Morgan fingerprint density at radius 2 is 2.56 bits per heavy atom. The molecule has 1 unspecified atom stereocenters. The molecule has 0 aliphatic heterocycles. The molecular weight excluding hydrogens is 127 g/mol. The van der Waals surface area contributed by atoms with Crippen LogP contribution >= 0.6 is 8.58 Å². The second-order valence-electron chi connectivity index (χ2n) is 1.54. The van der Waals surface area contributed by atoms with Gasteiger partial charge < -0.3 is 5.41 Å². The van der Waals surface area contributed by atoms with Crippen molar-refractivity contribution in [2.75, 3.05) is 6.66 Å². The molecule has 1 N–H and O–H groups in total. The number of rotatable bonds is 4. The lowest BCUT2D eigenvalue weighted by Crippen LogP contribution is -1.83. The summed E-state index contributed by atoms with van der Waals surface area (Å²) in [4.78, 5) is 0. The molecule has 0 rings (SSSR count). The zero-order chi connectivity index (χ0) is 7.11. The normalized spacial score (nSPS) is 11.2. The zero-order valence-electron chi connectivity index (χ0n) is 5.52. The van der Waals surface area contributed by atoms with Crippen LogP contribution in [0.5, 0.6) is 0 Å². The highest BCUT2D eigenvalue weighted by atomic mass is 31.1. The first-order valence-corrected chi connectivity index (χ1v) is 4.27. The van der Waals surface area contributed by atoms with Crippen molar-refractivity contribution < 1.29 is 0 Å². The maximum Gasteiger partial charge on any atom is 0.0596 e. The molecule has 0 aromatic heterocycles. The first kappa shape index (κ1) is 8.97. The Kier molecular flexibility index (Phi) is 6.07. The highest BCUT2D eigenvalue weighted by Gasteiger charge is 1.81. The van der Waals surface area contributed by atoms with Crippen molar-refractivity contribution in [2.45, 2.75) is 6.32 Å².